The van der Waals surface area contributed by atoms with Gasteiger partial charge in [0.2, 0.25) is 5.91 Å². The van der Waals surface area contributed by atoms with Gasteiger partial charge in [0.25, 0.3) is 5.69 Å². The molecule has 160 valence electrons. The molecule has 1 aromatic carbocycles. The van der Waals surface area contributed by atoms with Crippen molar-refractivity contribution in [3.05, 3.63) is 39.7 Å². The summed E-state index contributed by atoms with van der Waals surface area (Å²) in [7, 11) is -4.66. The quantitative estimate of drug-likeness (QED) is 0.279. The van der Waals surface area contributed by atoms with Crippen LogP contribution in [-0.2, 0) is 25.4 Å². The number of benzene rings is 1. The molecule has 4 N–H and O–H groups in total. The molecule has 0 spiro atoms. The number of halogens is 1. The van der Waals surface area contributed by atoms with E-state index < -0.39 is 68.3 Å². The Morgan fingerprint density at radius 1 is 1.48 bits per heavy atom. The van der Waals surface area contributed by atoms with Crippen molar-refractivity contribution >= 4 is 21.9 Å². The maximum absolute atomic E-state index is 14.6. The number of amides is 1. The van der Waals surface area contributed by atoms with Crippen LogP contribution in [0.4, 0.5) is 10.1 Å². The number of nitriles is 1. The Bertz CT molecular complexity index is 945. The van der Waals surface area contributed by atoms with Crippen molar-refractivity contribution in [3.8, 4) is 6.07 Å². The molecule has 0 aromatic heterocycles. The van der Waals surface area contributed by atoms with Gasteiger partial charge in [0.1, 0.15) is 18.0 Å². The monoisotopic (exact) mass is 432 g/mol. The minimum absolute atomic E-state index is 0.397. The van der Waals surface area contributed by atoms with E-state index in [1.165, 1.54) is 20.8 Å². The Kier molecular flexibility index (Phi) is 7.38. The summed E-state index contributed by atoms with van der Waals surface area (Å²) in [5.74, 6) is -3.44. The molecule has 1 amide bonds. The molecule has 0 bridgehead atoms. The second-order valence-corrected chi connectivity index (χ2v) is 8.25. The number of nitrogens with zero attached hydrogens (tertiary/aromatic N) is 2. The van der Waals surface area contributed by atoms with Crippen LogP contribution in [0.3, 0.4) is 0 Å². The van der Waals surface area contributed by atoms with Crippen LogP contribution in [0.5, 0.6) is 0 Å². The zero-order valence-electron chi connectivity index (χ0n) is 15.9. The fourth-order valence-electron chi connectivity index (χ4n) is 3.02. The van der Waals surface area contributed by atoms with Gasteiger partial charge in [0.05, 0.1) is 16.9 Å². The van der Waals surface area contributed by atoms with E-state index in [1.807, 2.05) is 4.72 Å². The zero-order valence-corrected chi connectivity index (χ0v) is 16.7. The summed E-state index contributed by atoms with van der Waals surface area (Å²) in [5, 5.41) is 20.0. The van der Waals surface area contributed by atoms with Gasteiger partial charge in [-0.1, -0.05) is 0 Å². The SMILES string of the molecule is CC(C)(CC(C(N)=O)C(C)(OCC#N)c1cc([N+](=O)[O-])ccc1F)NS(=O)(=O)O. The number of nitro benzene ring substituents is 1. The molecule has 0 radical (unpaired) electrons. The number of carbonyl (C=O) groups excluding carboxylic acids is 1. The van der Waals surface area contributed by atoms with Crippen LogP contribution in [0, 0.1) is 33.2 Å². The Labute approximate surface area is 166 Å². The van der Waals surface area contributed by atoms with E-state index in [0.29, 0.717) is 0 Å². The molecule has 11 nitrogen and oxygen atoms in total. The Balaban J connectivity index is 3.60. The molecule has 0 fully saturated rings. The van der Waals surface area contributed by atoms with E-state index in [4.69, 9.17) is 20.3 Å². The summed E-state index contributed by atoms with van der Waals surface area (Å²) in [5.41, 5.74) is 1.13. The summed E-state index contributed by atoms with van der Waals surface area (Å²) in [4.78, 5) is 22.5. The molecule has 1 aromatic rings. The summed E-state index contributed by atoms with van der Waals surface area (Å²) in [6, 6.07) is 4.23. The molecule has 0 aliphatic rings. The highest BCUT2D eigenvalue weighted by Crippen LogP contribution is 2.40. The number of nitro groups is 1. The molecule has 0 aliphatic heterocycles. The van der Waals surface area contributed by atoms with E-state index in [2.05, 4.69) is 0 Å². The van der Waals surface area contributed by atoms with Gasteiger partial charge < -0.3 is 10.5 Å². The molecule has 13 heteroatoms. The predicted molar refractivity (Wildman–Crippen MR) is 98.0 cm³/mol. The van der Waals surface area contributed by atoms with E-state index in [-0.39, 0.29) is 0 Å². The van der Waals surface area contributed by atoms with Crippen molar-refractivity contribution in [1.29, 1.82) is 5.26 Å². The smallest absolute Gasteiger partial charge is 0.333 e. The zero-order chi connectivity index (χ0) is 22.6. The highest BCUT2D eigenvalue weighted by Gasteiger charge is 2.46. The molecule has 0 saturated heterocycles. The molecule has 29 heavy (non-hydrogen) atoms. The maximum atomic E-state index is 14.6. The molecule has 2 atom stereocenters. The van der Waals surface area contributed by atoms with E-state index in [1.54, 1.807) is 6.07 Å². The first-order chi connectivity index (χ1) is 13.1. The Morgan fingerprint density at radius 3 is 2.52 bits per heavy atom. The van der Waals surface area contributed by atoms with Gasteiger partial charge in [0, 0.05) is 23.2 Å². The van der Waals surface area contributed by atoms with E-state index >= 15 is 0 Å². The van der Waals surface area contributed by atoms with Crippen LogP contribution in [0.25, 0.3) is 0 Å². The number of primary amides is 1. The van der Waals surface area contributed by atoms with Crippen LogP contribution in [-0.4, -0.2) is 35.9 Å². The van der Waals surface area contributed by atoms with Crippen LogP contribution < -0.4 is 10.5 Å². The van der Waals surface area contributed by atoms with Gasteiger partial charge in [-0.15, -0.1) is 0 Å². The van der Waals surface area contributed by atoms with Crippen LogP contribution >= 0.6 is 0 Å². The number of hydrogen-bond donors (Lipinski definition) is 3. The fourth-order valence-corrected chi connectivity index (χ4v) is 3.81. The molecule has 2 unspecified atom stereocenters. The average Bonchev–Trinajstić information content (AvgIpc) is 2.55. The average molecular weight is 432 g/mol. The highest BCUT2D eigenvalue weighted by atomic mass is 32.2. The summed E-state index contributed by atoms with van der Waals surface area (Å²) < 4.78 is 53.3. The minimum atomic E-state index is -4.66. The third-order valence-corrected chi connectivity index (χ3v) is 5.07. The first-order valence-electron chi connectivity index (χ1n) is 8.14. The van der Waals surface area contributed by atoms with Crippen molar-refractivity contribution in [2.24, 2.45) is 11.7 Å². The summed E-state index contributed by atoms with van der Waals surface area (Å²) in [6.07, 6.45) is -0.397. The minimum Gasteiger partial charge on any atom is -0.369 e. The lowest BCUT2D eigenvalue weighted by molar-refractivity contribution is -0.385. The molecule has 0 saturated carbocycles. The standard InChI is InChI=1S/C16H21FN4O7S/c1-15(2,20-29(25,26)27)9-12(14(19)22)16(3,28-7-6-18)11-8-10(21(23)24)4-5-13(11)17/h4-5,8,12,20H,7,9H2,1-3H3,(H2,19,22)(H,25,26,27). The topological polar surface area (TPSA) is 186 Å². The van der Waals surface area contributed by atoms with Crippen molar-refractivity contribution in [2.45, 2.75) is 38.3 Å². The summed E-state index contributed by atoms with van der Waals surface area (Å²) >= 11 is 0. The molecular weight excluding hydrogens is 411 g/mol. The van der Waals surface area contributed by atoms with Gasteiger partial charge in [0.15, 0.2) is 0 Å². The Morgan fingerprint density at radius 2 is 2.07 bits per heavy atom. The number of carbonyl (C=O) groups is 1. The fraction of sp³-hybridized carbons (Fsp3) is 0.500. The lowest BCUT2D eigenvalue weighted by Gasteiger charge is -2.39. The Hall–Kier alpha value is -2.66. The first kappa shape index (κ1) is 24.4. The van der Waals surface area contributed by atoms with Gasteiger partial charge in [-0.25, -0.2) is 4.39 Å². The molecule has 0 aliphatic carbocycles. The second-order valence-electron chi connectivity index (χ2n) is 7.10. The number of hydrogen-bond acceptors (Lipinski definition) is 7. The van der Waals surface area contributed by atoms with Crippen LogP contribution in [0.1, 0.15) is 32.8 Å². The lowest BCUT2D eigenvalue weighted by Crippen LogP contribution is -2.51. The van der Waals surface area contributed by atoms with Crippen LogP contribution in [0.15, 0.2) is 18.2 Å². The summed E-state index contributed by atoms with van der Waals surface area (Å²) in [6.45, 7) is 3.25. The number of nitrogens with one attached hydrogen (secondary N) is 1. The third kappa shape index (κ3) is 6.43. The van der Waals surface area contributed by atoms with Crippen molar-refractivity contribution in [2.75, 3.05) is 6.61 Å². The number of nitrogens with two attached hydrogens (primary N) is 1. The lowest BCUT2D eigenvalue weighted by atomic mass is 9.75. The molecule has 0 heterocycles. The molecule has 1 rings (SSSR count). The number of non-ortho nitro benzene ring substituents is 1. The predicted octanol–water partition coefficient (Wildman–Crippen LogP) is 1.15. The normalized spacial score (nSPS) is 15.2. The largest absolute Gasteiger partial charge is 0.369 e. The third-order valence-electron chi connectivity index (χ3n) is 4.26. The van der Waals surface area contributed by atoms with E-state index in [9.17, 15) is 27.7 Å². The maximum Gasteiger partial charge on any atom is 0.333 e. The van der Waals surface area contributed by atoms with E-state index in [0.717, 1.165) is 18.2 Å². The van der Waals surface area contributed by atoms with Crippen molar-refractivity contribution < 1.29 is 31.8 Å². The van der Waals surface area contributed by atoms with Crippen molar-refractivity contribution in [1.82, 2.24) is 4.72 Å². The number of rotatable bonds is 10. The molecular formula is C16H21FN4O7S. The van der Waals surface area contributed by atoms with Gasteiger partial charge >= 0.3 is 10.3 Å². The highest BCUT2D eigenvalue weighted by molar-refractivity contribution is 7.83. The van der Waals surface area contributed by atoms with Gasteiger partial charge in [-0.3, -0.25) is 19.5 Å². The van der Waals surface area contributed by atoms with Crippen molar-refractivity contribution in [3.63, 3.8) is 0 Å². The van der Waals surface area contributed by atoms with Crippen LogP contribution in [0.2, 0.25) is 0 Å². The second kappa shape index (κ2) is 8.78. The van der Waals surface area contributed by atoms with Gasteiger partial charge in [-0.05, 0) is 33.3 Å². The van der Waals surface area contributed by atoms with Gasteiger partial charge in [-0.2, -0.15) is 18.4 Å². The first-order valence-corrected chi connectivity index (χ1v) is 9.58. The number of ether oxygens (including phenoxy) is 1.